The predicted molar refractivity (Wildman–Crippen MR) is 82.9 cm³/mol. The van der Waals surface area contributed by atoms with Crippen LogP contribution in [0.25, 0.3) is 0 Å². The molecule has 1 heterocycles. The van der Waals surface area contributed by atoms with Crippen LogP contribution in [-0.2, 0) is 11.2 Å². The number of amides is 1. The molecule has 110 valence electrons. The maximum Gasteiger partial charge on any atom is 0.246 e. The van der Waals surface area contributed by atoms with Crippen LogP contribution in [0.5, 0.6) is 0 Å². The molecule has 1 fully saturated rings. The van der Waals surface area contributed by atoms with E-state index in [-0.39, 0.29) is 11.3 Å². The summed E-state index contributed by atoms with van der Waals surface area (Å²) in [6.07, 6.45) is 3.49. The number of thiazole rings is 1. The van der Waals surface area contributed by atoms with Crippen molar-refractivity contribution in [2.45, 2.75) is 53.4 Å². The molecule has 1 saturated carbocycles. The van der Waals surface area contributed by atoms with Crippen molar-refractivity contribution < 1.29 is 4.79 Å². The fourth-order valence-electron chi connectivity index (χ4n) is 3.00. The van der Waals surface area contributed by atoms with E-state index in [4.69, 9.17) is 0 Å². The van der Waals surface area contributed by atoms with Crippen molar-refractivity contribution in [2.24, 2.45) is 16.4 Å². The third kappa shape index (κ3) is 4.40. The molecule has 20 heavy (non-hydrogen) atoms. The van der Waals surface area contributed by atoms with E-state index in [1.54, 1.807) is 0 Å². The molecule has 0 saturated heterocycles. The molecular weight excluding hydrogens is 270 g/mol. The third-order valence-electron chi connectivity index (χ3n) is 3.48. The van der Waals surface area contributed by atoms with Crippen LogP contribution in [0.4, 0.5) is 0 Å². The van der Waals surface area contributed by atoms with E-state index in [1.807, 2.05) is 12.3 Å². The average molecular weight is 293 g/mol. The fraction of sp³-hybridized carbons (Fsp3) is 0.667. The van der Waals surface area contributed by atoms with Crippen LogP contribution in [0.15, 0.2) is 10.5 Å². The average Bonchev–Trinajstić information content (AvgIpc) is 2.69. The van der Waals surface area contributed by atoms with E-state index in [2.05, 4.69) is 36.3 Å². The minimum absolute atomic E-state index is 0.0807. The highest BCUT2D eigenvalue weighted by molar-refractivity contribution is 7.09. The van der Waals surface area contributed by atoms with E-state index in [0.29, 0.717) is 12.3 Å². The van der Waals surface area contributed by atoms with Gasteiger partial charge >= 0.3 is 0 Å². The van der Waals surface area contributed by atoms with Crippen molar-refractivity contribution in [3.05, 3.63) is 16.1 Å². The van der Waals surface area contributed by atoms with Gasteiger partial charge in [-0.25, -0.2) is 10.4 Å². The summed E-state index contributed by atoms with van der Waals surface area (Å²) < 4.78 is 0. The number of hydrazone groups is 1. The molecule has 0 aromatic carbocycles. The van der Waals surface area contributed by atoms with Crippen molar-refractivity contribution >= 4 is 23.0 Å². The molecule has 0 spiro atoms. The SMILES string of the molecule is Cc1csc(CC(=O)N/N=C2\C[C@H](C)CC(C)(C)C2)n1. The molecule has 4 nitrogen and oxygen atoms in total. The van der Waals surface area contributed by atoms with Gasteiger partial charge in [0.1, 0.15) is 5.01 Å². The van der Waals surface area contributed by atoms with Gasteiger partial charge in [0.2, 0.25) is 5.91 Å². The first kappa shape index (κ1) is 15.2. The highest BCUT2D eigenvalue weighted by atomic mass is 32.1. The molecule has 0 radical (unpaired) electrons. The number of nitrogens with zero attached hydrogens (tertiary/aromatic N) is 2. The van der Waals surface area contributed by atoms with Gasteiger partial charge in [0.15, 0.2) is 0 Å². The van der Waals surface area contributed by atoms with Gasteiger partial charge in [-0.3, -0.25) is 4.79 Å². The standard InChI is InChI=1S/C15H23N3OS/c1-10-5-12(8-15(3,4)7-10)17-18-13(19)6-14-16-11(2)9-20-14/h9-10H,5-8H2,1-4H3,(H,18,19)/b17-12+/t10-/m0/s1. The van der Waals surface area contributed by atoms with Gasteiger partial charge in [-0.15, -0.1) is 11.3 Å². The normalized spacial score (nSPS) is 23.8. The summed E-state index contributed by atoms with van der Waals surface area (Å²) >= 11 is 1.52. The van der Waals surface area contributed by atoms with Crippen molar-refractivity contribution in [1.29, 1.82) is 0 Å². The minimum Gasteiger partial charge on any atom is -0.273 e. The second-order valence-corrected chi connectivity index (χ2v) is 7.57. The van der Waals surface area contributed by atoms with Crippen LogP contribution < -0.4 is 5.43 Å². The van der Waals surface area contributed by atoms with E-state index in [0.717, 1.165) is 29.3 Å². The molecule has 1 aliphatic carbocycles. The van der Waals surface area contributed by atoms with Gasteiger partial charge in [0.05, 0.1) is 6.42 Å². The fourth-order valence-corrected chi connectivity index (χ4v) is 3.77. The van der Waals surface area contributed by atoms with Crippen molar-refractivity contribution in [3.8, 4) is 0 Å². The Morgan fingerprint density at radius 1 is 1.60 bits per heavy atom. The summed E-state index contributed by atoms with van der Waals surface area (Å²) in [5.41, 5.74) is 5.04. The summed E-state index contributed by atoms with van der Waals surface area (Å²) in [6, 6.07) is 0. The van der Waals surface area contributed by atoms with Crippen molar-refractivity contribution in [3.63, 3.8) is 0 Å². The maximum atomic E-state index is 11.9. The van der Waals surface area contributed by atoms with Gasteiger partial charge in [-0.1, -0.05) is 20.8 Å². The Kier molecular flexibility index (Phi) is 4.58. The Hall–Kier alpha value is -1.23. The molecule has 1 aromatic heterocycles. The van der Waals surface area contributed by atoms with Crippen LogP contribution in [0.1, 0.15) is 50.7 Å². The second kappa shape index (κ2) is 6.04. The zero-order valence-corrected chi connectivity index (χ0v) is 13.5. The Morgan fingerprint density at radius 2 is 2.35 bits per heavy atom. The largest absolute Gasteiger partial charge is 0.273 e. The first-order chi connectivity index (χ1) is 9.34. The number of rotatable bonds is 3. The van der Waals surface area contributed by atoms with Crippen molar-refractivity contribution in [2.75, 3.05) is 0 Å². The summed E-state index contributed by atoms with van der Waals surface area (Å²) in [6.45, 7) is 8.71. The topological polar surface area (TPSA) is 54.4 Å². The number of carbonyl (C=O) groups excluding carboxylic acids is 1. The Balaban J connectivity index is 1.90. The molecule has 1 N–H and O–H groups in total. The first-order valence-corrected chi connectivity index (χ1v) is 7.97. The lowest BCUT2D eigenvalue weighted by Crippen LogP contribution is -2.30. The number of aromatic nitrogens is 1. The lowest BCUT2D eigenvalue weighted by Gasteiger charge is -2.34. The lowest BCUT2D eigenvalue weighted by molar-refractivity contribution is -0.120. The first-order valence-electron chi connectivity index (χ1n) is 7.09. The predicted octanol–water partition coefficient (Wildman–Crippen LogP) is 3.31. The summed E-state index contributed by atoms with van der Waals surface area (Å²) in [5.74, 6) is 0.555. The summed E-state index contributed by atoms with van der Waals surface area (Å²) in [4.78, 5) is 16.1. The minimum atomic E-state index is -0.0807. The van der Waals surface area contributed by atoms with E-state index < -0.39 is 0 Å². The summed E-state index contributed by atoms with van der Waals surface area (Å²) in [5, 5.41) is 7.13. The quantitative estimate of drug-likeness (QED) is 0.869. The molecule has 0 bridgehead atoms. The van der Waals surface area contributed by atoms with Gasteiger partial charge in [-0.05, 0) is 37.5 Å². The van der Waals surface area contributed by atoms with Gasteiger partial charge in [0.25, 0.3) is 0 Å². The van der Waals surface area contributed by atoms with E-state index in [1.165, 1.54) is 17.8 Å². The summed E-state index contributed by atoms with van der Waals surface area (Å²) in [7, 11) is 0. The number of hydrogen-bond donors (Lipinski definition) is 1. The molecule has 1 amide bonds. The number of aryl methyl sites for hydroxylation is 1. The molecule has 0 unspecified atom stereocenters. The zero-order valence-electron chi connectivity index (χ0n) is 12.7. The van der Waals surface area contributed by atoms with Crippen LogP contribution >= 0.6 is 11.3 Å². The van der Waals surface area contributed by atoms with Crippen LogP contribution in [0, 0.1) is 18.3 Å². The third-order valence-corrected chi connectivity index (χ3v) is 4.45. The van der Waals surface area contributed by atoms with Crippen LogP contribution in [0.2, 0.25) is 0 Å². The van der Waals surface area contributed by atoms with Crippen LogP contribution in [-0.4, -0.2) is 16.6 Å². The molecule has 1 aliphatic rings. The molecule has 5 heteroatoms. The number of hydrogen-bond acceptors (Lipinski definition) is 4. The van der Waals surface area contributed by atoms with E-state index in [9.17, 15) is 4.79 Å². The van der Waals surface area contributed by atoms with Gasteiger partial charge in [0, 0.05) is 16.8 Å². The zero-order chi connectivity index (χ0) is 14.8. The Bertz CT molecular complexity index is 519. The lowest BCUT2D eigenvalue weighted by atomic mass is 9.72. The monoisotopic (exact) mass is 293 g/mol. The molecule has 0 aliphatic heterocycles. The van der Waals surface area contributed by atoms with E-state index >= 15 is 0 Å². The molecular formula is C15H23N3OS. The van der Waals surface area contributed by atoms with Gasteiger partial charge in [-0.2, -0.15) is 5.10 Å². The number of nitrogens with one attached hydrogen (secondary N) is 1. The number of carbonyl (C=O) groups is 1. The Labute approximate surface area is 124 Å². The van der Waals surface area contributed by atoms with Crippen molar-refractivity contribution in [1.82, 2.24) is 10.4 Å². The smallest absolute Gasteiger partial charge is 0.246 e. The van der Waals surface area contributed by atoms with Crippen LogP contribution in [0.3, 0.4) is 0 Å². The molecule has 1 atom stereocenters. The Morgan fingerprint density at radius 3 is 2.95 bits per heavy atom. The molecule has 2 rings (SSSR count). The highest BCUT2D eigenvalue weighted by Crippen LogP contribution is 2.36. The van der Waals surface area contributed by atoms with Gasteiger partial charge < -0.3 is 0 Å². The highest BCUT2D eigenvalue weighted by Gasteiger charge is 2.29. The molecule has 1 aromatic rings. The maximum absolute atomic E-state index is 11.9. The second-order valence-electron chi connectivity index (χ2n) is 6.63.